The van der Waals surface area contributed by atoms with Crippen LogP contribution in [0.2, 0.25) is 0 Å². The molecular weight excluding hydrogens is 316 g/mol. The van der Waals surface area contributed by atoms with Gasteiger partial charge in [-0.05, 0) is 26.2 Å². The van der Waals surface area contributed by atoms with Crippen LogP contribution in [0, 0.1) is 11.3 Å². The maximum Gasteiger partial charge on any atom is 0.330 e. The van der Waals surface area contributed by atoms with Crippen molar-refractivity contribution >= 4 is 11.9 Å². The van der Waals surface area contributed by atoms with E-state index in [0.717, 1.165) is 0 Å². The van der Waals surface area contributed by atoms with Gasteiger partial charge in [0, 0.05) is 16.6 Å². The van der Waals surface area contributed by atoms with Crippen LogP contribution in [0.25, 0.3) is 0 Å². The van der Waals surface area contributed by atoms with E-state index >= 15 is 0 Å². The van der Waals surface area contributed by atoms with Gasteiger partial charge in [0.1, 0.15) is 0 Å². The fraction of sp³-hybridized carbons (Fsp3) is 0.529. The monoisotopic (exact) mass is 342 g/mol. The molecule has 4 N–H and O–H groups in total. The lowest BCUT2D eigenvalue weighted by molar-refractivity contribution is -0.133. The number of carboxylic acid groups (broad SMARTS) is 2. The van der Waals surface area contributed by atoms with Crippen molar-refractivity contribution < 1.29 is 34.8 Å². The molecule has 0 spiro atoms. The molecular formula is C17H26O7. The molecule has 0 aliphatic rings. The number of carboxylic acids is 2. The lowest BCUT2D eigenvalue weighted by Crippen LogP contribution is -2.37. The predicted octanol–water partition coefficient (Wildman–Crippen LogP) is 1.23. The Morgan fingerprint density at radius 1 is 1.08 bits per heavy atom. The number of rotatable bonds is 12. The van der Waals surface area contributed by atoms with Crippen molar-refractivity contribution in [3.63, 3.8) is 0 Å². The number of carbonyl (C=O) groups is 2. The van der Waals surface area contributed by atoms with Crippen molar-refractivity contribution in [2.45, 2.75) is 20.3 Å². The number of hydrogen-bond acceptors (Lipinski definition) is 5. The van der Waals surface area contributed by atoms with Crippen LogP contribution in [-0.4, -0.2) is 58.8 Å². The van der Waals surface area contributed by atoms with Crippen LogP contribution in [-0.2, 0) is 14.3 Å². The lowest BCUT2D eigenvalue weighted by Gasteiger charge is -2.31. The average molecular weight is 342 g/mol. The number of aliphatic hydroxyl groups excluding tert-OH is 2. The normalized spacial score (nSPS) is 14.3. The van der Waals surface area contributed by atoms with Crippen molar-refractivity contribution in [1.29, 1.82) is 0 Å². The van der Waals surface area contributed by atoms with Gasteiger partial charge in [0.2, 0.25) is 0 Å². The maximum atomic E-state index is 11.0. The molecule has 0 aromatic heterocycles. The van der Waals surface area contributed by atoms with Crippen LogP contribution in [0.4, 0.5) is 0 Å². The molecule has 0 amide bonds. The van der Waals surface area contributed by atoms with Gasteiger partial charge in [-0.2, -0.15) is 0 Å². The Labute approximate surface area is 141 Å². The van der Waals surface area contributed by atoms with Crippen LogP contribution in [0.5, 0.6) is 0 Å². The largest absolute Gasteiger partial charge is 0.478 e. The van der Waals surface area contributed by atoms with Crippen LogP contribution >= 0.6 is 0 Å². The van der Waals surface area contributed by atoms with Crippen molar-refractivity contribution in [1.82, 2.24) is 0 Å². The molecule has 0 unspecified atom stereocenters. The zero-order valence-corrected chi connectivity index (χ0v) is 14.1. The van der Waals surface area contributed by atoms with E-state index in [-0.39, 0.29) is 30.8 Å². The molecule has 0 atom stereocenters. The van der Waals surface area contributed by atoms with E-state index in [1.165, 1.54) is 32.1 Å². The Kier molecular flexibility index (Phi) is 9.87. The first-order valence-corrected chi connectivity index (χ1v) is 7.45. The van der Waals surface area contributed by atoms with E-state index < -0.39 is 36.5 Å². The van der Waals surface area contributed by atoms with E-state index in [9.17, 15) is 19.8 Å². The SMILES string of the molecule is C=CCOCC(CO)(CO)CC(C=C(C)C(=O)O)C=C(C)C(=O)O. The molecule has 0 saturated carbocycles. The molecule has 0 aromatic carbocycles. The standard InChI is InChI=1S/C17H26O7/c1-4-5-24-11-17(9-18,10-19)8-14(6-12(2)15(20)21)7-13(3)16(22)23/h4,6-7,14,18-19H,1,5,8-11H2,2-3H3,(H,20,21)(H,22,23). The minimum Gasteiger partial charge on any atom is -0.478 e. The highest BCUT2D eigenvalue weighted by Crippen LogP contribution is 2.29. The Balaban J connectivity index is 5.56. The van der Waals surface area contributed by atoms with E-state index in [4.69, 9.17) is 14.9 Å². The smallest absolute Gasteiger partial charge is 0.330 e. The summed E-state index contributed by atoms with van der Waals surface area (Å²) in [5.74, 6) is -2.84. The number of hydrogen-bond donors (Lipinski definition) is 4. The average Bonchev–Trinajstić information content (AvgIpc) is 2.53. The van der Waals surface area contributed by atoms with Gasteiger partial charge in [-0.1, -0.05) is 18.2 Å². The first kappa shape index (κ1) is 22.0. The van der Waals surface area contributed by atoms with Gasteiger partial charge < -0.3 is 25.2 Å². The minimum atomic E-state index is -1.12. The van der Waals surface area contributed by atoms with Crippen LogP contribution in [0.15, 0.2) is 36.0 Å². The molecule has 0 fully saturated rings. The number of ether oxygens (including phenoxy) is 1. The fourth-order valence-electron chi connectivity index (χ4n) is 2.14. The molecule has 0 rings (SSSR count). The summed E-state index contributed by atoms with van der Waals surface area (Å²) < 4.78 is 5.32. The van der Waals surface area contributed by atoms with Crippen molar-refractivity contribution in [2.75, 3.05) is 26.4 Å². The predicted molar refractivity (Wildman–Crippen MR) is 88.5 cm³/mol. The van der Waals surface area contributed by atoms with E-state index in [1.54, 1.807) is 0 Å². The highest BCUT2D eigenvalue weighted by Gasteiger charge is 2.32. The van der Waals surface area contributed by atoms with Crippen molar-refractivity contribution in [3.05, 3.63) is 36.0 Å². The van der Waals surface area contributed by atoms with Crippen LogP contribution in [0.1, 0.15) is 20.3 Å². The third-order valence-electron chi connectivity index (χ3n) is 3.59. The zero-order chi connectivity index (χ0) is 18.8. The second-order valence-electron chi connectivity index (χ2n) is 5.80. The van der Waals surface area contributed by atoms with Gasteiger partial charge in [-0.3, -0.25) is 0 Å². The highest BCUT2D eigenvalue weighted by atomic mass is 16.5. The quantitative estimate of drug-likeness (QED) is 0.239. The molecule has 0 heterocycles. The third-order valence-corrected chi connectivity index (χ3v) is 3.59. The van der Waals surface area contributed by atoms with Crippen LogP contribution in [0.3, 0.4) is 0 Å². The Hall–Kier alpha value is -1.96. The zero-order valence-electron chi connectivity index (χ0n) is 14.1. The second kappa shape index (κ2) is 10.7. The molecule has 0 aliphatic carbocycles. The second-order valence-corrected chi connectivity index (χ2v) is 5.80. The molecule has 136 valence electrons. The number of allylic oxidation sites excluding steroid dienone is 2. The minimum absolute atomic E-state index is 0.0302. The number of aliphatic carboxylic acids is 2. The molecule has 0 saturated heterocycles. The van der Waals surface area contributed by atoms with Gasteiger partial charge in [0.05, 0.1) is 26.4 Å². The molecule has 7 heteroatoms. The molecule has 7 nitrogen and oxygen atoms in total. The number of aliphatic hydroxyl groups is 2. The molecule has 0 bridgehead atoms. The summed E-state index contributed by atoms with van der Waals surface area (Å²) in [6.07, 6.45) is 4.47. The molecule has 24 heavy (non-hydrogen) atoms. The summed E-state index contributed by atoms with van der Waals surface area (Å²) in [6, 6.07) is 0. The molecule has 0 aliphatic heterocycles. The third kappa shape index (κ3) is 7.54. The van der Waals surface area contributed by atoms with Gasteiger partial charge in [-0.25, -0.2) is 9.59 Å². The summed E-state index contributed by atoms with van der Waals surface area (Å²) >= 11 is 0. The van der Waals surface area contributed by atoms with Gasteiger partial charge in [-0.15, -0.1) is 6.58 Å². The Bertz CT molecular complexity index is 471. The van der Waals surface area contributed by atoms with Gasteiger partial charge in [0.25, 0.3) is 0 Å². The van der Waals surface area contributed by atoms with E-state index in [1.807, 2.05) is 0 Å². The van der Waals surface area contributed by atoms with Crippen LogP contribution < -0.4 is 0 Å². The first-order chi connectivity index (χ1) is 11.2. The first-order valence-electron chi connectivity index (χ1n) is 7.45. The maximum absolute atomic E-state index is 11.0. The van der Waals surface area contributed by atoms with Gasteiger partial charge in [0.15, 0.2) is 0 Å². The highest BCUT2D eigenvalue weighted by molar-refractivity contribution is 5.87. The van der Waals surface area contributed by atoms with Gasteiger partial charge >= 0.3 is 11.9 Å². The molecule has 0 radical (unpaired) electrons. The summed E-state index contributed by atoms with van der Waals surface area (Å²) in [5, 5.41) is 37.4. The van der Waals surface area contributed by atoms with Crippen molar-refractivity contribution in [2.24, 2.45) is 11.3 Å². The van der Waals surface area contributed by atoms with Crippen molar-refractivity contribution in [3.8, 4) is 0 Å². The summed E-state index contributed by atoms with van der Waals surface area (Å²) in [4.78, 5) is 22.1. The van der Waals surface area contributed by atoms with E-state index in [0.29, 0.717) is 0 Å². The Morgan fingerprint density at radius 3 is 1.88 bits per heavy atom. The van der Waals surface area contributed by atoms with E-state index in [2.05, 4.69) is 6.58 Å². The molecule has 0 aromatic rings. The Morgan fingerprint density at radius 2 is 1.54 bits per heavy atom. The topological polar surface area (TPSA) is 124 Å². The summed E-state index contributed by atoms with van der Waals surface area (Å²) in [6.45, 7) is 5.79. The summed E-state index contributed by atoms with van der Waals surface area (Å²) in [5.41, 5.74) is -0.935. The fourth-order valence-corrected chi connectivity index (χ4v) is 2.14. The lowest BCUT2D eigenvalue weighted by atomic mass is 9.79. The summed E-state index contributed by atoms with van der Waals surface area (Å²) in [7, 11) is 0.